The van der Waals surface area contributed by atoms with Crippen molar-refractivity contribution in [3.05, 3.63) is 59.9 Å². The molecule has 6 nitrogen and oxygen atoms in total. The molecule has 0 atom stereocenters. The minimum atomic E-state index is -0.0879. The number of anilines is 1. The van der Waals surface area contributed by atoms with Crippen LogP contribution in [-0.2, 0) is 11.3 Å². The Kier molecular flexibility index (Phi) is 7.08. The molecule has 3 rings (SSSR count). The molecule has 2 aromatic rings. The number of benzene rings is 1. The summed E-state index contributed by atoms with van der Waals surface area (Å²) in [5.74, 6) is 0.0335. The minimum absolute atomic E-state index is 0.00704. The SMILES string of the molecule is CC(C)(C)CC(=O)NC1CCN(c2ccccc2C(=O)NCc2cccnc2)CC1. The van der Waals surface area contributed by atoms with Crippen molar-refractivity contribution in [2.24, 2.45) is 5.41 Å². The molecule has 1 aliphatic rings. The number of piperidine rings is 1. The second-order valence-electron chi connectivity index (χ2n) is 9.13. The van der Waals surface area contributed by atoms with Gasteiger partial charge in [-0.2, -0.15) is 0 Å². The monoisotopic (exact) mass is 408 g/mol. The van der Waals surface area contributed by atoms with Crippen molar-refractivity contribution < 1.29 is 9.59 Å². The molecular formula is C24H32N4O2. The van der Waals surface area contributed by atoms with Crippen LogP contribution < -0.4 is 15.5 Å². The maximum atomic E-state index is 12.8. The van der Waals surface area contributed by atoms with Gasteiger partial charge in [-0.3, -0.25) is 14.6 Å². The van der Waals surface area contributed by atoms with E-state index in [1.807, 2.05) is 36.4 Å². The van der Waals surface area contributed by atoms with E-state index in [-0.39, 0.29) is 23.3 Å². The van der Waals surface area contributed by atoms with Crippen molar-refractivity contribution in [2.45, 2.75) is 52.6 Å². The summed E-state index contributed by atoms with van der Waals surface area (Å²) in [5.41, 5.74) is 2.58. The third-order valence-corrected chi connectivity index (χ3v) is 5.22. The lowest BCUT2D eigenvalue weighted by molar-refractivity contribution is -0.123. The van der Waals surface area contributed by atoms with Gasteiger partial charge in [0.2, 0.25) is 5.91 Å². The average molecular weight is 409 g/mol. The molecule has 30 heavy (non-hydrogen) atoms. The van der Waals surface area contributed by atoms with Crippen LogP contribution in [0.15, 0.2) is 48.8 Å². The molecule has 0 saturated carbocycles. The Labute approximate surface area is 179 Å². The number of rotatable bonds is 6. The Morgan fingerprint density at radius 1 is 1.10 bits per heavy atom. The Morgan fingerprint density at radius 3 is 2.50 bits per heavy atom. The van der Waals surface area contributed by atoms with Crippen LogP contribution in [0.2, 0.25) is 0 Å². The molecule has 0 unspecified atom stereocenters. The molecule has 1 aromatic heterocycles. The summed E-state index contributed by atoms with van der Waals surface area (Å²) in [5, 5.41) is 6.16. The predicted octanol–water partition coefficient (Wildman–Crippen LogP) is 3.53. The number of para-hydroxylation sites is 1. The van der Waals surface area contributed by atoms with Crippen LogP contribution in [0.25, 0.3) is 0 Å². The average Bonchev–Trinajstić information content (AvgIpc) is 2.72. The fourth-order valence-corrected chi connectivity index (χ4v) is 3.75. The number of pyridine rings is 1. The van der Waals surface area contributed by atoms with Crippen molar-refractivity contribution in [1.29, 1.82) is 0 Å². The summed E-state index contributed by atoms with van der Waals surface area (Å²) in [6, 6.07) is 11.7. The van der Waals surface area contributed by atoms with E-state index in [9.17, 15) is 9.59 Å². The van der Waals surface area contributed by atoms with Crippen molar-refractivity contribution in [2.75, 3.05) is 18.0 Å². The quantitative estimate of drug-likeness (QED) is 0.767. The van der Waals surface area contributed by atoms with Gasteiger partial charge in [-0.1, -0.05) is 39.0 Å². The highest BCUT2D eigenvalue weighted by Crippen LogP contribution is 2.25. The molecule has 2 amide bonds. The highest BCUT2D eigenvalue weighted by atomic mass is 16.2. The highest BCUT2D eigenvalue weighted by molar-refractivity contribution is 5.99. The fourth-order valence-electron chi connectivity index (χ4n) is 3.75. The molecule has 1 saturated heterocycles. The first-order valence-electron chi connectivity index (χ1n) is 10.6. The normalized spacial score (nSPS) is 15.0. The van der Waals surface area contributed by atoms with Crippen molar-refractivity contribution in [1.82, 2.24) is 15.6 Å². The van der Waals surface area contributed by atoms with Crippen LogP contribution in [0.4, 0.5) is 5.69 Å². The summed E-state index contributed by atoms with van der Waals surface area (Å²) in [4.78, 5) is 31.4. The van der Waals surface area contributed by atoms with Crippen LogP contribution in [-0.4, -0.2) is 35.9 Å². The van der Waals surface area contributed by atoms with E-state index < -0.39 is 0 Å². The van der Waals surface area contributed by atoms with Crippen molar-refractivity contribution in [3.63, 3.8) is 0 Å². The van der Waals surface area contributed by atoms with Gasteiger partial charge in [0.1, 0.15) is 0 Å². The van der Waals surface area contributed by atoms with Gasteiger partial charge in [-0.05, 0) is 42.0 Å². The van der Waals surface area contributed by atoms with Gasteiger partial charge < -0.3 is 15.5 Å². The second kappa shape index (κ2) is 9.74. The van der Waals surface area contributed by atoms with Gasteiger partial charge in [-0.25, -0.2) is 0 Å². The van der Waals surface area contributed by atoms with Crippen LogP contribution in [0.3, 0.4) is 0 Å². The van der Waals surface area contributed by atoms with Gasteiger partial charge in [0.15, 0.2) is 0 Å². The second-order valence-corrected chi connectivity index (χ2v) is 9.13. The Balaban J connectivity index is 1.57. The molecule has 1 fully saturated rings. The zero-order valence-electron chi connectivity index (χ0n) is 18.1. The molecule has 1 aliphatic heterocycles. The topological polar surface area (TPSA) is 74.3 Å². The van der Waals surface area contributed by atoms with Crippen LogP contribution in [0, 0.1) is 5.41 Å². The number of carbonyl (C=O) groups is 2. The number of carbonyl (C=O) groups excluding carboxylic acids is 2. The van der Waals surface area contributed by atoms with Crippen molar-refractivity contribution >= 4 is 17.5 Å². The Bertz CT molecular complexity index is 853. The first-order chi connectivity index (χ1) is 14.3. The van der Waals surface area contributed by atoms with Gasteiger partial charge in [0, 0.05) is 50.2 Å². The Morgan fingerprint density at radius 2 is 1.83 bits per heavy atom. The van der Waals surface area contributed by atoms with E-state index in [0.29, 0.717) is 18.5 Å². The van der Waals surface area contributed by atoms with Gasteiger partial charge in [-0.15, -0.1) is 0 Å². The smallest absolute Gasteiger partial charge is 0.253 e. The number of hydrogen-bond acceptors (Lipinski definition) is 4. The van der Waals surface area contributed by atoms with Crippen molar-refractivity contribution in [3.8, 4) is 0 Å². The van der Waals surface area contributed by atoms with E-state index in [1.54, 1.807) is 12.4 Å². The number of aromatic nitrogens is 1. The lowest BCUT2D eigenvalue weighted by atomic mass is 9.91. The minimum Gasteiger partial charge on any atom is -0.371 e. The molecule has 0 radical (unpaired) electrons. The van der Waals surface area contributed by atoms with Gasteiger partial charge in [0.05, 0.1) is 5.56 Å². The summed E-state index contributed by atoms with van der Waals surface area (Å²) in [6.45, 7) is 8.30. The lowest BCUT2D eigenvalue weighted by Gasteiger charge is -2.35. The zero-order chi connectivity index (χ0) is 21.6. The molecule has 1 aromatic carbocycles. The molecule has 160 valence electrons. The molecule has 0 spiro atoms. The molecule has 0 bridgehead atoms. The lowest BCUT2D eigenvalue weighted by Crippen LogP contribution is -2.45. The summed E-state index contributed by atoms with van der Waals surface area (Å²) >= 11 is 0. The highest BCUT2D eigenvalue weighted by Gasteiger charge is 2.25. The van der Waals surface area contributed by atoms with E-state index in [2.05, 4.69) is 41.3 Å². The maximum Gasteiger partial charge on any atom is 0.253 e. The van der Waals surface area contributed by atoms with Gasteiger partial charge in [0.25, 0.3) is 5.91 Å². The number of hydrogen-bond donors (Lipinski definition) is 2. The molecule has 2 N–H and O–H groups in total. The summed E-state index contributed by atoms with van der Waals surface area (Å²) in [7, 11) is 0. The number of nitrogens with one attached hydrogen (secondary N) is 2. The number of amides is 2. The first kappa shape index (κ1) is 21.8. The molecule has 2 heterocycles. The van der Waals surface area contributed by atoms with Crippen LogP contribution in [0.1, 0.15) is 56.0 Å². The first-order valence-corrected chi connectivity index (χ1v) is 10.6. The molecular weight excluding hydrogens is 376 g/mol. The standard InChI is InChI=1S/C24H32N4O2/c1-24(2,3)15-22(29)27-19-10-13-28(14-11-19)21-9-5-4-8-20(21)23(30)26-17-18-7-6-12-25-16-18/h4-9,12,16,19H,10-11,13-15,17H2,1-3H3,(H,26,30)(H,27,29). The third kappa shape index (κ3) is 6.31. The Hall–Kier alpha value is -2.89. The molecule has 0 aliphatic carbocycles. The maximum absolute atomic E-state index is 12.8. The summed E-state index contributed by atoms with van der Waals surface area (Å²) < 4.78 is 0. The van der Waals surface area contributed by atoms with E-state index in [1.165, 1.54) is 0 Å². The van der Waals surface area contributed by atoms with Crippen LogP contribution in [0.5, 0.6) is 0 Å². The van der Waals surface area contributed by atoms with Gasteiger partial charge >= 0.3 is 0 Å². The van der Waals surface area contributed by atoms with E-state index in [4.69, 9.17) is 0 Å². The zero-order valence-corrected chi connectivity index (χ0v) is 18.1. The van der Waals surface area contributed by atoms with Crippen LogP contribution >= 0.6 is 0 Å². The fraction of sp³-hybridized carbons (Fsp3) is 0.458. The largest absolute Gasteiger partial charge is 0.371 e. The van der Waals surface area contributed by atoms with E-state index >= 15 is 0 Å². The molecule has 6 heteroatoms. The predicted molar refractivity (Wildman–Crippen MR) is 119 cm³/mol. The summed E-state index contributed by atoms with van der Waals surface area (Å²) in [6.07, 6.45) is 5.76. The third-order valence-electron chi connectivity index (χ3n) is 5.22. The number of nitrogens with zero attached hydrogens (tertiary/aromatic N) is 2. The van der Waals surface area contributed by atoms with E-state index in [0.717, 1.165) is 37.2 Å².